The Morgan fingerprint density at radius 2 is 1.39 bits per heavy atom. The third kappa shape index (κ3) is 6.44. The molecule has 2 aromatic carbocycles. The van der Waals surface area contributed by atoms with E-state index in [4.69, 9.17) is 23.9 Å². The highest BCUT2D eigenvalue weighted by atomic mass is 16.5. The predicted molar refractivity (Wildman–Crippen MR) is 125 cm³/mol. The van der Waals surface area contributed by atoms with Crippen LogP contribution in [0.3, 0.4) is 0 Å². The number of benzene rings is 2. The molecule has 0 fully saturated rings. The van der Waals surface area contributed by atoms with E-state index < -0.39 is 0 Å². The van der Waals surface area contributed by atoms with E-state index in [1.54, 1.807) is 28.4 Å². The summed E-state index contributed by atoms with van der Waals surface area (Å²) in [6.07, 6.45) is 0. The van der Waals surface area contributed by atoms with Gasteiger partial charge in [-0.15, -0.1) is 0 Å². The van der Waals surface area contributed by atoms with Gasteiger partial charge in [0.25, 0.3) is 0 Å². The van der Waals surface area contributed by atoms with E-state index in [1.807, 2.05) is 37.3 Å². The van der Waals surface area contributed by atoms with Crippen LogP contribution >= 0.6 is 0 Å². The third-order valence-electron chi connectivity index (χ3n) is 5.07. The van der Waals surface area contributed by atoms with Gasteiger partial charge in [-0.25, -0.2) is 4.99 Å². The van der Waals surface area contributed by atoms with Crippen molar-refractivity contribution in [2.45, 2.75) is 32.7 Å². The van der Waals surface area contributed by atoms with Crippen molar-refractivity contribution >= 4 is 5.96 Å². The number of rotatable bonds is 10. The fraction of sp³-hybridized carbons (Fsp3) is 0.458. The second-order valence-corrected chi connectivity index (χ2v) is 7.69. The number of hydrogen-bond acceptors (Lipinski definition) is 5. The maximum Gasteiger partial charge on any atom is 0.191 e. The van der Waals surface area contributed by atoms with Crippen molar-refractivity contribution in [3.8, 4) is 23.0 Å². The summed E-state index contributed by atoms with van der Waals surface area (Å²) < 4.78 is 21.5. The molecular formula is C24H35N3O4. The molecule has 2 N–H and O–H groups in total. The Morgan fingerprint density at radius 1 is 0.806 bits per heavy atom. The zero-order valence-electron chi connectivity index (χ0n) is 19.7. The van der Waals surface area contributed by atoms with Gasteiger partial charge in [0.1, 0.15) is 0 Å². The van der Waals surface area contributed by atoms with Crippen LogP contribution in [0.2, 0.25) is 0 Å². The van der Waals surface area contributed by atoms with Crippen molar-refractivity contribution in [3.63, 3.8) is 0 Å². The molecule has 0 heterocycles. The molecule has 7 heteroatoms. The van der Waals surface area contributed by atoms with Gasteiger partial charge >= 0.3 is 0 Å². The van der Waals surface area contributed by atoms with Gasteiger partial charge < -0.3 is 29.6 Å². The molecule has 0 saturated heterocycles. The van der Waals surface area contributed by atoms with Crippen LogP contribution in [-0.4, -0.2) is 47.5 Å². The highest BCUT2D eigenvalue weighted by Gasteiger charge is 2.22. The third-order valence-corrected chi connectivity index (χ3v) is 5.07. The highest BCUT2D eigenvalue weighted by molar-refractivity contribution is 5.79. The summed E-state index contributed by atoms with van der Waals surface area (Å²) in [6, 6.07) is 11.9. The van der Waals surface area contributed by atoms with Gasteiger partial charge in [-0.2, -0.15) is 0 Å². The standard InChI is InChI=1S/C24H35N3O4/c1-8-25-23(26-15-17-9-11-19(28-4)21(13-17)30-6)27-16-24(2,3)18-10-12-20(29-5)22(14-18)31-7/h9-14H,8,15-16H2,1-7H3,(H2,25,26,27). The van der Waals surface area contributed by atoms with E-state index in [0.29, 0.717) is 24.6 Å². The summed E-state index contributed by atoms with van der Waals surface area (Å²) in [5.41, 5.74) is 2.03. The Morgan fingerprint density at radius 3 is 1.97 bits per heavy atom. The summed E-state index contributed by atoms with van der Waals surface area (Å²) in [4.78, 5) is 4.73. The van der Waals surface area contributed by atoms with Crippen LogP contribution < -0.4 is 29.6 Å². The van der Waals surface area contributed by atoms with Crippen molar-refractivity contribution in [2.75, 3.05) is 41.5 Å². The van der Waals surface area contributed by atoms with Crippen LogP contribution in [0.25, 0.3) is 0 Å². The van der Waals surface area contributed by atoms with Crippen molar-refractivity contribution < 1.29 is 18.9 Å². The number of methoxy groups -OCH3 is 4. The van der Waals surface area contributed by atoms with E-state index in [1.165, 1.54) is 0 Å². The Kier molecular flexibility index (Phi) is 8.85. The average molecular weight is 430 g/mol. The topological polar surface area (TPSA) is 73.3 Å². The van der Waals surface area contributed by atoms with Crippen LogP contribution in [0, 0.1) is 0 Å². The molecule has 0 saturated carbocycles. The molecule has 0 aliphatic heterocycles. The first kappa shape index (κ1) is 24.2. The molecule has 2 aromatic rings. The Hall–Kier alpha value is -3.09. The van der Waals surface area contributed by atoms with Crippen LogP contribution in [0.1, 0.15) is 31.9 Å². The normalized spacial score (nSPS) is 11.6. The molecule has 2 rings (SSSR count). The zero-order valence-corrected chi connectivity index (χ0v) is 19.7. The zero-order chi connectivity index (χ0) is 22.9. The number of nitrogens with one attached hydrogen (secondary N) is 2. The molecule has 0 atom stereocenters. The summed E-state index contributed by atoms with van der Waals surface area (Å²) in [5, 5.41) is 6.76. The minimum absolute atomic E-state index is 0.154. The minimum Gasteiger partial charge on any atom is -0.493 e. The van der Waals surface area contributed by atoms with E-state index in [-0.39, 0.29) is 5.41 Å². The fourth-order valence-corrected chi connectivity index (χ4v) is 3.16. The monoisotopic (exact) mass is 429 g/mol. The Balaban J connectivity index is 2.12. The molecule has 7 nitrogen and oxygen atoms in total. The van der Waals surface area contributed by atoms with E-state index in [2.05, 4.69) is 30.5 Å². The molecule has 0 aromatic heterocycles. The van der Waals surface area contributed by atoms with Gasteiger partial charge in [0.05, 0.1) is 35.0 Å². The summed E-state index contributed by atoms with van der Waals surface area (Å²) in [5.74, 6) is 3.60. The lowest BCUT2D eigenvalue weighted by molar-refractivity contribution is 0.353. The van der Waals surface area contributed by atoms with E-state index >= 15 is 0 Å². The molecule has 0 amide bonds. The van der Waals surface area contributed by atoms with Crippen molar-refractivity contribution in [1.82, 2.24) is 10.6 Å². The first-order chi connectivity index (χ1) is 14.9. The number of nitrogens with zero attached hydrogens (tertiary/aromatic N) is 1. The van der Waals surface area contributed by atoms with Crippen molar-refractivity contribution in [3.05, 3.63) is 47.5 Å². The molecule has 0 aliphatic carbocycles. The molecule has 0 aliphatic rings. The van der Waals surface area contributed by atoms with Gasteiger partial charge in [0, 0.05) is 18.5 Å². The Bertz CT molecular complexity index is 881. The number of ether oxygens (including phenoxy) is 4. The smallest absolute Gasteiger partial charge is 0.191 e. The number of guanidine groups is 1. The molecule has 0 unspecified atom stereocenters. The maximum atomic E-state index is 5.46. The van der Waals surface area contributed by atoms with Crippen molar-refractivity contribution in [2.24, 2.45) is 4.99 Å². The van der Waals surface area contributed by atoms with E-state index in [0.717, 1.165) is 35.1 Å². The molecule has 0 bridgehead atoms. The second kappa shape index (κ2) is 11.3. The minimum atomic E-state index is -0.154. The van der Waals surface area contributed by atoms with Crippen molar-refractivity contribution in [1.29, 1.82) is 0 Å². The summed E-state index contributed by atoms with van der Waals surface area (Å²) >= 11 is 0. The predicted octanol–water partition coefficient (Wildman–Crippen LogP) is 3.75. The number of hydrogen-bond donors (Lipinski definition) is 2. The van der Waals surface area contributed by atoms with Crippen LogP contribution in [-0.2, 0) is 12.0 Å². The molecule has 0 spiro atoms. The van der Waals surface area contributed by atoms with E-state index in [9.17, 15) is 0 Å². The van der Waals surface area contributed by atoms with Gasteiger partial charge in [0.15, 0.2) is 29.0 Å². The highest BCUT2D eigenvalue weighted by Crippen LogP contribution is 2.33. The summed E-state index contributed by atoms with van der Waals surface area (Å²) in [7, 11) is 6.55. The largest absolute Gasteiger partial charge is 0.493 e. The van der Waals surface area contributed by atoms with Gasteiger partial charge in [-0.3, -0.25) is 0 Å². The molecule has 170 valence electrons. The Labute approximate surface area is 185 Å². The van der Waals surface area contributed by atoms with Crippen LogP contribution in [0.15, 0.2) is 41.4 Å². The number of aliphatic imine (C=N–C) groups is 1. The second-order valence-electron chi connectivity index (χ2n) is 7.69. The van der Waals surface area contributed by atoms with Gasteiger partial charge in [0.2, 0.25) is 0 Å². The average Bonchev–Trinajstić information content (AvgIpc) is 2.80. The first-order valence-corrected chi connectivity index (χ1v) is 10.3. The maximum absolute atomic E-state index is 5.46. The first-order valence-electron chi connectivity index (χ1n) is 10.3. The molecular weight excluding hydrogens is 394 g/mol. The lowest BCUT2D eigenvalue weighted by Gasteiger charge is -2.27. The van der Waals surface area contributed by atoms with Gasteiger partial charge in [-0.1, -0.05) is 26.0 Å². The van der Waals surface area contributed by atoms with Gasteiger partial charge in [-0.05, 0) is 42.3 Å². The quantitative estimate of drug-likeness (QED) is 0.443. The fourth-order valence-electron chi connectivity index (χ4n) is 3.16. The SMILES string of the molecule is CCNC(=NCc1ccc(OC)c(OC)c1)NCC(C)(C)c1ccc(OC)c(OC)c1. The lowest BCUT2D eigenvalue weighted by Crippen LogP contribution is -2.43. The molecule has 0 radical (unpaired) electrons. The lowest BCUT2D eigenvalue weighted by atomic mass is 9.84. The molecule has 31 heavy (non-hydrogen) atoms. The summed E-state index contributed by atoms with van der Waals surface area (Å²) in [6.45, 7) is 8.40. The van der Waals surface area contributed by atoms with Crippen LogP contribution in [0.5, 0.6) is 23.0 Å². The van der Waals surface area contributed by atoms with Crippen LogP contribution in [0.4, 0.5) is 0 Å².